The number of halogens is 1. The quantitative estimate of drug-likeness (QED) is 0.841. The zero-order valence-electron chi connectivity index (χ0n) is 9.13. The topological polar surface area (TPSA) is 63.6 Å². The summed E-state index contributed by atoms with van der Waals surface area (Å²) in [5.41, 5.74) is -0.353. The van der Waals surface area contributed by atoms with Gasteiger partial charge in [0.1, 0.15) is 5.60 Å². The molecular weight excluding hydrogens is 306 g/mol. The molecule has 94 valence electrons. The van der Waals surface area contributed by atoms with Crippen LogP contribution in [-0.2, 0) is 16.9 Å². The lowest BCUT2D eigenvalue weighted by Gasteiger charge is -2.40. The van der Waals surface area contributed by atoms with Gasteiger partial charge in [0.05, 0.1) is 0 Å². The maximum Gasteiger partial charge on any atom is 0.104 e. The third kappa shape index (κ3) is 2.77. The molecule has 0 radical (unpaired) electrons. The van der Waals surface area contributed by atoms with Crippen molar-refractivity contribution >= 4 is 27.2 Å². The first kappa shape index (κ1) is 13.2. The second kappa shape index (κ2) is 5.16. The number of hydrogen-bond acceptors (Lipinski definition) is 3. The van der Waals surface area contributed by atoms with Crippen molar-refractivity contribution in [2.75, 3.05) is 13.1 Å². The third-order valence-electron chi connectivity index (χ3n) is 3.02. The van der Waals surface area contributed by atoms with E-state index in [9.17, 15) is 13.9 Å². The number of hydrogen-bond donors (Lipinski definition) is 1. The number of aliphatic hydroxyl groups is 1. The maximum absolute atomic E-state index is 11.0. The number of β-amino-alcohol motifs (C(OH)–C–C–N with tert-alkyl or cyclic N) is 1. The van der Waals surface area contributed by atoms with Crippen molar-refractivity contribution in [3.8, 4) is 0 Å². The van der Waals surface area contributed by atoms with Gasteiger partial charge in [-0.15, -0.1) is 0 Å². The van der Waals surface area contributed by atoms with E-state index >= 15 is 0 Å². The standard InChI is InChI=1S/C11H14BrNO3S/c12-10-5-2-1-4-9(10)11(14)6-3-7-13(8-11)17(15)16/h1-2,4-5,14H,3,6-8H2,(H,15,16)/p-1. The van der Waals surface area contributed by atoms with Gasteiger partial charge in [0.15, 0.2) is 0 Å². The first-order valence-electron chi connectivity index (χ1n) is 5.35. The van der Waals surface area contributed by atoms with Crippen molar-refractivity contribution in [2.45, 2.75) is 18.4 Å². The summed E-state index contributed by atoms with van der Waals surface area (Å²) in [6.45, 7) is 0.592. The Morgan fingerprint density at radius 2 is 2.18 bits per heavy atom. The summed E-state index contributed by atoms with van der Waals surface area (Å²) in [4.78, 5) is 0. The van der Waals surface area contributed by atoms with E-state index in [0.29, 0.717) is 19.4 Å². The third-order valence-corrected chi connectivity index (χ3v) is 4.45. The normalized spacial score (nSPS) is 27.9. The van der Waals surface area contributed by atoms with Crippen molar-refractivity contribution in [3.63, 3.8) is 0 Å². The van der Waals surface area contributed by atoms with Crippen molar-refractivity contribution in [1.82, 2.24) is 4.31 Å². The summed E-state index contributed by atoms with van der Waals surface area (Å²) in [7, 11) is 0. The molecule has 1 aromatic rings. The lowest BCUT2D eigenvalue weighted by Crippen LogP contribution is -2.46. The first-order valence-corrected chi connectivity index (χ1v) is 7.17. The fraction of sp³-hybridized carbons (Fsp3) is 0.455. The predicted octanol–water partition coefficient (Wildman–Crippen LogP) is 1.53. The molecule has 0 spiro atoms. The highest BCUT2D eigenvalue weighted by molar-refractivity contribution is 9.10. The van der Waals surface area contributed by atoms with Gasteiger partial charge in [-0.25, -0.2) is 4.31 Å². The van der Waals surface area contributed by atoms with Gasteiger partial charge in [0, 0.05) is 28.8 Å². The fourth-order valence-electron chi connectivity index (χ4n) is 2.18. The molecule has 0 amide bonds. The number of rotatable bonds is 2. The Hall–Kier alpha value is -0.270. The predicted molar refractivity (Wildman–Crippen MR) is 67.8 cm³/mol. The van der Waals surface area contributed by atoms with E-state index in [2.05, 4.69) is 15.9 Å². The molecule has 1 fully saturated rings. The Balaban J connectivity index is 2.30. The molecule has 2 atom stereocenters. The van der Waals surface area contributed by atoms with Crippen molar-refractivity contribution in [2.24, 2.45) is 0 Å². The van der Waals surface area contributed by atoms with Crippen LogP contribution < -0.4 is 0 Å². The van der Waals surface area contributed by atoms with E-state index in [0.717, 1.165) is 10.0 Å². The second-order valence-electron chi connectivity index (χ2n) is 4.20. The van der Waals surface area contributed by atoms with Gasteiger partial charge in [-0.2, -0.15) is 0 Å². The molecule has 4 nitrogen and oxygen atoms in total. The van der Waals surface area contributed by atoms with Crippen molar-refractivity contribution < 1.29 is 13.9 Å². The summed E-state index contributed by atoms with van der Waals surface area (Å²) in [6.07, 6.45) is 1.23. The molecule has 6 heteroatoms. The van der Waals surface area contributed by atoms with Crippen LogP contribution in [0.4, 0.5) is 0 Å². The Morgan fingerprint density at radius 1 is 1.47 bits per heavy atom. The number of nitrogens with zero attached hydrogens (tertiary/aromatic N) is 1. The minimum absolute atomic E-state index is 0.117. The molecule has 0 saturated carbocycles. The van der Waals surface area contributed by atoms with Crippen molar-refractivity contribution in [3.05, 3.63) is 34.3 Å². The Labute approximate surface area is 111 Å². The number of piperidine rings is 1. The van der Waals surface area contributed by atoms with Crippen molar-refractivity contribution in [1.29, 1.82) is 0 Å². The highest BCUT2D eigenvalue weighted by atomic mass is 79.9. The van der Waals surface area contributed by atoms with E-state index in [1.807, 2.05) is 24.3 Å². The second-order valence-corrected chi connectivity index (χ2v) is 6.00. The molecule has 0 bridgehead atoms. The van der Waals surface area contributed by atoms with E-state index in [1.165, 1.54) is 4.31 Å². The van der Waals surface area contributed by atoms with Crippen LogP contribution >= 0.6 is 15.9 Å². The summed E-state index contributed by atoms with van der Waals surface area (Å²) in [5, 5.41) is 10.6. The van der Waals surface area contributed by atoms with Gasteiger partial charge in [0.25, 0.3) is 0 Å². The van der Waals surface area contributed by atoms with Crippen LogP contribution in [0.25, 0.3) is 0 Å². The Kier molecular flexibility index (Phi) is 3.99. The van der Waals surface area contributed by atoms with Gasteiger partial charge in [-0.3, -0.25) is 4.21 Å². The van der Waals surface area contributed by atoms with Crippen LogP contribution in [-0.4, -0.2) is 31.3 Å². The molecule has 2 unspecified atom stereocenters. The number of benzene rings is 1. The summed E-state index contributed by atoms with van der Waals surface area (Å²) < 4.78 is 24.0. The molecule has 1 heterocycles. The van der Waals surface area contributed by atoms with Crippen LogP contribution in [0, 0.1) is 0 Å². The minimum atomic E-state index is -2.27. The SMILES string of the molecule is O=S([O-])N1CCCC(O)(c2ccccc2Br)C1. The molecule has 1 saturated heterocycles. The first-order chi connectivity index (χ1) is 8.03. The van der Waals surface area contributed by atoms with Gasteiger partial charge in [-0.05, 0) is 24.5 Å². The van der Waals surface area contributed by atoms with E-state index in [4.69, 9.17) is 0 Å². The lowest BCUT2D eigenvalue weighted by atomic mass is 9.87. The highest BCUT2D eigenvalue weighted by Gasteiger charge is 2.36. The highest BCUT2D eigenvalue weighted by Crippen LogP contribution is 2.35. The molecule has 1 aliphatic rings. The maximum atomic E-state index is 11.0. The molecule has 1 aliphatic heterocycles. The Bertz CT molecular complexity index is 442. The van der Waals surface area contributed by atoms with Gasteiger partial charge >= 0.3 is 0 Å². The fourth-order valence-corrected chi connectivity index (χ4v) is 3.43. The van der Waals surface area contributed by atoms with Gasteiger partial charge in [0.2, 0.25) is 0 Å². The molecule has 17 heavy (non-hydrogen) atoms. The molecule has 2 rings (SSSR count). The zero-order chi connectivity index (χ0) is 12.5. The van der Waals surface area contributed by atoms with E-state index in [-0.39, 0.29) is 6.54 Å². The lowest BCUT2D eigenvalue weighted by molar-refractivity contribution is -0.0134. The minimum Gasteiger partial charge on any atom is -0.760 e. The molecule has 1 N–H and O–H groups in total. The van der Waals surface area contributed by atoms with Gasteiger partial charge < -0.3 is 9.66 Å². The molecule has 0 aliphatic carbocycles. The van der Waals surface area contributed by atoms with E-state index in [1.54, 1.807) is 0 Å². The zero-order valence-corrected chi connectivity index (χ0v) is 11.5. The summed E-state index contributed by atoms with van der Waals surface area (Å²) >= 11 is 1.12. The monoisotopic (exact) mass is 318 g/mol. The molecule has 0 aromatic heterocycles. The summed E-state index contributed by atoms with van der Waals surface area (Å²) in [5.74, 6) is 0. The van der Waals surface area contributed by atoms with Crippen LogP contribution in [0.15, 0.2) is 28.7 Å². The average Bonchev–Trinajstić information content (AvgIpc) is 2.29. The largest absolute Gasteiger partial charge is 0.760 e. The van der Waals surface area contributed by atoms with Crippen LogP contribution in [0.1, 0.15) is 18.4 Å². The van der Waals surface area contributed by atoms with Crippen LogP contribution in [0.5, 0.6) is 0 Å². The average molecular weight is 319 g/mol. The molecule has 1 aromatic carbocycles. The Morgan fingerprint density at radius 3 is 2.82 bits per heavy atom. The smallest absolute Gasteiger partial charge is 0.104 e. The molecular formula is C11H13BrNO3S-. The van der Waals surface area contributed by atoms with Gasteiger partial charge in [-0.1, -0.05) is 34.1 Å². The van der Waals surface area contributed by atoms with E-state index < -0.39 is 16.9 Å². The summed E-state index contributed by atoms with van der Waals surface area (Å²) in [6, 6.07) is 7.37. The van der Waals surface area contributed by atoms with Crippen LogP contribution in [0.3, 0.4) is 0 Å². The van der Waals surface area contributed by atoms with Crippen LogP contribution in [0.2, 0.25) is 0 Å².